The lowest BCUT2D eigenvalue weighted by atomic mass is 10.1. The fraction of sp³-hybridized carbons (Fsp3) is 0.438. The molecular weight excluding hydrogens is 360 g/mol. The molecule has 9 nitrogen and oxygen atoms in total. The summed E-state index contributed by atoms with van der Waals surface area (Å²) >= 11 is 0. The van der Waals surface area contributed by atoms with E-state index < -0.39 is 22.0 Å². The van der Waals surface area contributed by atoms with Crippen LogP contribution in [-0.4, -0.2) is 49.6 Å². The molecule has 0 aliphatic carbocycles. The average Bonchev–Trinajstić information content (AvgIpc) is 3.12. The van der Waals surface area contributed by atoms with Crippen molar-refractivity contribution >= 4 is 16.0 Å². The van der Waals surface area contributed by atoms with Crippen LogP contribution in [0.1, 0.15) is 24.2 Å². The smallest absolute Gasteiger partial charge is 0.337 e. The van der Waals surface area contributed by atoms with E-state index in [0.29, 0.717) is 6.54 Å². The van der Waals surface area contributed by atoms with Gasteiger partial charge in [-0.3, -0.25) is 4.68 Å². The summed E-state index contributed by atoms with van der Waals surface area (Å²) in [4.78, 5) is 11.6. The van der Waals surface area contributed by atoms with Gasteiger partial charge >= 0.3 is 5.97 Å². The number of methoxy groups -OCH3 is 2. The van der Waals surface area contributed by atoms with Crippen LogP contribution in [0.5, 0.6) is 5.75 Å². The maximum atomic E-state index is 12.9. The van der Waals surface area contributed by atoms with Gasteiger partial charge in [-0.2, -0.15) is 0 Å². The number of nitrogens with zero attached hydrogens (tertiary/aromatic N) is 3. The van der Waals surface area contributed by atoms with E-state index in [1.807, 2.05) is 13.8 Å². The molecule has 1 N–H and O–H groups in total. The molecule has 0 unspecified atom stereocenters. The van der Waals surface area contributed by atoms with Crippen molar-refractivity contribution in [2.45, 2.75) is 31.3 Å². The summed E-state index contributed by atoms with van der Waals surface area (Å²) in [5, 5.41) is 7.59. The first kappa shape index (κ1) is 19.9. The van der Waals surface area contributed by atoms with E-state index in [1.54, 1.807) is 10.9 Å². The Bertz CT molecular complexity index is 850. The van der Waals surface area contributed by atoms with Gasteiger partial charge in [-0.1, -0.05) is 19.1 Å². The van der Waals surface area contributed by atoms with Gasteiger partial charge in [0, 0.05) is 12.2 Å². The zero-order chi connectivity index (χ0) is 19.3. The molecule has 0 saturated carbocycles. The van der Waals surface area contributed by atoms with Gasteiger partial charge in [-0.25, -0.2) is 17.9 Å². The lowest BCUT2D eigenvalue weighted by Gasteiger charge is -2.22. The number of hydrogen-bond acceptors (Lipinski definition) is 7. The molecule has 2 aromatic rings. The van der Waals surface area contributed by atoms with Crippen LogP contribution >= 0.6 is 0 Å². The lowest BCUT2D eigenvalue weighted by molar-refractivity contribution is 0.0600. The van der Waals surface area contributed by atoms with Crippen LogP contribution < -0.4 is 9.46 Å². The lowest BCUT2D eigenvalue weighted by Crippen LogP contribution is -2.41. The SMILES string of the molecule is COC(=O)c1ccc(OC)c(S(=O)(=O)N[C@@H](Cn2ccnn2)C(C)C)c1. The number of hydrogen-bond donors (Lipinski definition) is 1. The first-order valence-electron chi connectivity index (χ1n) is 7.91. The van der Waals surface area contributed by atoms with Gasteiger partial charge in [0.25, 0.3) is 0 Å². The largest absolute Gasteiger partial charge is 0.495 e. The molecule has 10 heteroatoms. The molecule has 0 aliphatic rings. The van der Waals surface area contributed by atoms with Gasteiger partial charge in [0.1, 0.15) is 10.6 Å². The molecule has 1 aromatic carbocycles. The van der Waals surface area contributed by atoms with Crippen molar-refractivity contribution < 1.29 is 22.7 Å². The van der Waals surface area contributed by atoms with E-state index in [4.69, 9.17) is 4.74 Å². The Morgan fingerprint density at radius 2 is 2.04 bits per heavy atom. The summed E-state index contributed by atoms with van der Waals surface area (Å²) in [5.41, 5.74) is 0.117. The summed E-state index contributed by atoms with van der Waals surface area (Å²) in [6, 6.07) is 3.66. The minimum atomic E-state index is -3.96. The highest BCUT2D eigenvalue weighted by molar-refractivity contribution is 7.89. The monoisotopic (exact) mass is 382 g/mol. The van der Waals surface area contributed by atoms with E-state index in [9.17, 15) is 13.2 Å². The summed E-state index contributed by atoms with van der Waals surface area (Å²) in [6.45, 7) is 4.11. The number of benzene rings is 1. The average molecular weight is 382 g/mol. The summed E-state index contributed by atoms with van der Waals surface area (Å²) in [6.07, 6.45) is 3.18. The first-order chi connectivity index (χ1) is 12.3. The van der Waals surface area contributed by atoms with E-state index >= 15 is 0 Å². The number of ether oxygens (including phenoxy) is 2. The van der Waals surface area contributed by atoms with E-state index in [2.05, 4.69) is 19.8 Å². The van der Waals surface area contributed by atoms with Gasteiger partial charge in [0.2, 0.25) is 10.0 Å². The molecule has 2 rings (SSSR count). The minimum absolute atomic E-state index is 0.0104. The number of nitrogens with one attached hydrogen (secondary N) is 1. The van der Waals surface area contributed by atoms with Gasteiger partial charge in [-0.15, -0.1) is 5.10 Å². The Balaban J connectivity index is 2.36. The van der Waals surface area contributed by atoms with Crippen molar-refractivity contribution in [1.29, 1.82) is 0 Å². The van der Waals surface area contributed by atoms with E-state index in [1.165, 1.54) is 38.6 Å². The zero-order valence-electron chi connectivity index (χ0n) is 15.0. The van der Waals surface area contributed by atoms with Crippen molar-refractivity contribution in [3.63, 3.8) is 0 Å². The highest BCUT2D eigenvalue weighted by Crippen LogP contribution is 2.26. The molecule has 0 saturated heterocycles. The molecule has 142 valence electrons. The molecular formula is C16H22N4O5S. The Hall–Kier alpha value is -2.46. The quantitative estimate of drug-likeness (QED) is 0.680. The summed E-state index contributed by atoms with van der Waals surface area (Å²) < 4.78 is 39.9. The number of carbonyl (C=O) groups excluding carboxylic acids is 1. The fourth-order valence-corrected chi connectivity index (χ4v) is 3.88. The third kappa shape index (κ3) is 4.58. The Kier molecular flexibility index (Phi) is 6.32. The van der Waals surface area contributed by atoms with Crippen LogP contribution in [0, 0.1) is 5.92 Å². The maximum absolute atomic E-state index is 12.9. The summed E-state index contributed by atoms with van der Waals surface area (Å²) in [5.74, 6) is -0.510. The van der Waals surface area contributed by atoms with Crippen molar-refractivity contribution in [2.75, 3.05) is 14.2 Å². The van der Waals surface area contributed by atoms with Gasteiger partial charge in [0.05, 0.1) is 32.5 Å². The van der Waals surface area contributed by atoms with Crippen LogP contribution in [-0.2, 0) is 21.3 Å². The molecule has 0 spiro atoms. The number of rotatable bonds is 8. The highest BCUT2D eigenvalue weighted by Gasteiger charge is 2.27. The number of esters is 1. The second kappa shape index (κ2) is 8.28. The maximum Gasteiger partial charge on any atom is 0.337 e. The summed E-state index contributed by atoms with van der Waals surface area (Å²) in [7, 11) is -1.37. The van der Waals surface area contributed by atoms with Crippen molar-refractivity contribution in [3.8, 4) is 5.75 Å². The fourth-order valence-electron chi connectivity index (χ4n) is 2.31. The molecule has 0 fully saturated rings. The Labute approximate surface area is 152 Å². The third-order valence-corrected chi connectivity index (χ3v) is 5.35. The second-order valence-electron chi connectivity index (χ2n) is 5.95. The molecule has 1 heterocycles. The number of aromatic nitrogens is 3. The van der Waals surface area contributed by atoms with Gasteiger partial charge in [-0.05, 0) is 24.1 Å². The van der Waals surface area contributed by atoms with Crippen molar-refractivity contribution in [1.82, 2.24) is 19.7 Å². The van der Waals surface area contributed by atoms with Crippen LogP contribution in [0.15, 0.2) is 35.5 Å². The van der Waals surface area contributed by atoms with E-state index in [0.717, 1.165) is 0 Å². The molecule has 1 aromatic heterocycles. The molecule has 26 heavy (non-hydrogen) atoms. The van der Waals surface area contributed by atoms with Gasteiger partial charge in [0.15, 0.2) is 0 Å². The highest BCUT2D eigenvalue weighted by atomic mass is 32.2. The zero-order valence-corrected chi connectivity index (χ0v) is 15.9. The molecule has 0 radical (unpaired) electrons. The number of sulfonamides is 1. The van der Waals surface area contributed by atoms with Gasteiger partial charge < -0.3 is 9.47 Å². The second-order valence-corrected chi connectivity index (χ2v) is 7.64. The van der Waals surface area contributed by atoms with Crippen LogP contribution in [0.3, 0.4) is 0 Å². The molecule has 0 amide bonds. The van der Waals surface area contributed by atoms with Crippen LogP contribution in [0.25, 0.3) is 0 Å². The van der Waals surface area contributed by atoms with E-state index in [-0.39, 0.29) is 22.1 Å². The predicted molar refractivity (Wildman–Crippen MR) is 93.3 cm³/mol. The van der Waals surface area contributed by atoms with Crippen LogP contribution in [0.4, 0.5) is 0 Å². The first-order valence-corrected chi connectivity index (χ1v) is 9.39. The third-order valence-electron chi connectivity index (χ3n) is 3.84. The van der Waals surface area contributed by atoms with Crippen molar-refractivity contribution in [3.05, 3.63) is 36.2 Å². The Morgan fingerprint density at radius 3 is 2.58 bits per heavy atom. The molecule has 1 atom stereocenters. The van der Waals surface area contributed by atoms with Crippen molar-refractivity contribution in [2.24, 2.45) is 5.92 Å². The molecule has 0 aliphatic heterocycles. The number of carbonyl (C=O) groups is 1. The minimum Gasteiger partial charge on any atom is -0.495 e. The van der Waals surface area contributed by atoms with Crippen LogP contribution in [0.2, 0.25) is 0 Å². The molecule has 0 bridgehead atoms. The predicted octanol–water partition coefficient (Wildman–Crippen LogP) is 1.08. The topological polar surface area (TPSA) is 112 Å². The normalized spacial score (nSPS) is 12.8. The Morgan fingerprint density at radius 1 is 1.31 bits per heavy atom. The standard InChI is InChI=1S/C16H22N4O5S/c1-11(2)13(10-20-8-7-17-19-20)18-26(22,23)15-9-12(16(21)25-4)5-6-14(15)24-3/h5-9,11,13,18H,10H2,1-4H3/t13-/m0/s1.